The summed E-state index contributed by atoms with van der Waals surface area (Å²) in [6, 6.07) is 20.3. The summed E-state index contributed by atoms with van der Waals surface area (Å²) in [5, 5.41) is 9.07. The molecular formula is C23H15ClFNO3. The summed E-state index contributed by atoms with van der Waals surface area (Å²) in [4.78, 5) is 15.8. The fourth-order valence-corrected chi connectivity index (χ4v) is 3.54. The zero-order valence-electron chi connectivity index (χ0n) is 15.3. The van der Waals surface area contributed by atoms with Crippen LogP contribution in [-0.2, 0) is 0 Å². The number of hydrogen-bond acceptors (Lipinski definition) is 3. The molecule has 0 bridgehead atoms. The molecule has 0 amide bonds. The van der Waals surface area contributed by atoms with Crippen molar-refractivity contribution in [2.45, 2.75) is 6.92 Å². The molecule has 1 aromatic heterocycles. The van der Waals surface area contributed by atoms with E-state index in [1.54, 1.807) is 6.92 Å². The topological polar surface area (TPSA) is 59.4 Å². The van der Waals surface area contributed by atoms with Crippen LogP contribution in [0.1, 0.15) is 5.56 Å². The molecule has 0 unspecified atom stereocenters. The van der Waals surface area contributed by atoms with Crippen molar-refractivity contribution in [3.8, 4) is 28.1 Å². The van der Waals surface area contributed by atoms with E-state index < -0.39 is 12.0 Å². The fraction of sp³-hybridized carbons (Fsp3) is 0.0435. The molecule has 0 saturated carbocycles. The highest BCUT2D eigenvalue weighted by Crippen LogP contribution is 2.40. The zero-order chi connectivity index (χ0) is 20.5. The van der Waals surface area contributed by atoms with E-state index in [9.17, 15) is 9.18 Å². The van der Waals surface area contributed by atoms with Gasteiger partial charge >= 0.3 is 6.16 Å². The first kappa shape index (κ1) is 18.9. The number of rotatable bonds is 3. The number of hydrogen-bond donors (Lipinski definition) is 1. The van der Waals surface area contributed by atoms with Gasteiger partial charge in [-0.15, -0.1) is 0 Å². The van der Waals surface area contributed by atoms with Gasteiger partial charge in [-0.25, -0.2) is 14.2 Å². The molecule has 0 aliphatic carbocycles. The molecule has 144 valence electrons. The number of ether oxygens (including phenoxy) is 1. The van der Waals surface area contributed by atoms with Gasteiger partial charge in [0.15, 0.2) is 5.75 Å². The Hall–Kier alpha value is -3.44. The molecule has 0 aliphatic rings. The van der Waals surface area contributed by atoms with E-state index in [1.165, 1.54) is 12.1 Å². The second-order valence-corrected chi connectivity index (χ2v) is 6.86. The van der Waals surface area contributed by atoms with Crippen molar-refractivity contribution in [3.05, 3.63) is 83.1 Å². The minimum Gasteiger partial charge on any atom is -0.449 e. The molecule has 0 saturated heterocycles. The Labute approximate surface area is 171 Å². The van der Waals surface area contributed by atoms with Gasteiger partial charge in [0.05, 0.1) is 21.6 Å². The summed E-state index contributed by atoms with van der Waals surface area (Å²) in [5.74, 6) is -0.690. The molecule has 4 aromatic rings. The molecule has 3 aromatic carbocycles. The minimum atomic E-state index is -1.51. The third kappa shape index (κ3) is 3.52. The van der Waals surface area contributed by atoms with Gasteiger partial charge in [0.25, 0.3) is 0 Å². The van der Waals surface area contributed by atoms with Crippen molar-refractivity contribution >= 4 is 28.7 Å². The normalized spacial score (nSPS) is 10.9. The summed E-state index contributed by atoms with van der Waals surface area (Å²) in [7, 11) is 0. The standard InChI is InChI=1S/C23H15ClFNO3/c1-13-21(16-9-7-15(8-10-16)14-5-3-2-4-6-14)26-18-12-11-17(25)20(24)19(18)22(13)29-23(27)28/h2-12H,1H3,(H,27,28). The van der Waals surface area contributed by atoms with Crippen molar-refractivity contribution in [1.82, 2.24) is 4.98 Å². The maximum Gasteiger partial charge on any atom is 0.511 e. The van der Waals surface area contributed by atoms with Crippen LogP contribution >= 0.6 is 11.6 Å². The average Bonchev–Trinajstić information content (AvgIpc) is 2.73. The Balaban J connectivity index is 1.89. The van der Waals surface area contributed by atoms with Crippen LogP contribution < -0.4 is 4.74 Å². The Morgan fingerprint density at radius 3 is 2.24 bits per heavy atom. The lowest BCUT2D eigenvalue weighted by Crippen LogP contribution is -2.07. The van der Waals surface area contributed by atoms with Gasteiger partial charge in [-0.05, 0) is 30.2 Å². The second kappa shape index (κ2) is 7.53. The number of carbonyl (C=O) groups is 1. The summed E-state index contributed by atoms with van der Waals surface area (Å²) in [6.45, 7) is 1.67. The average molecular weight is 408 g/mol. The van der Waals surface area contributed by atoms with Crippen LogP contribution in [0.3, 0.4) is 0 Å². The lowest BCUT2D eigenvalue weighted by molar-refractivity contribution is 0.144. The maximum absolute atomic E-state index is 14.0. The Morgan fingerprint density at radius 2 is 1.59 bits per heavy atom. The van der Waals surface area contributed by atoms with Gasteiger partial charge in [-0.2, -0.15) is 0 Å². The van der Waals surface area contributed by atoms with Crippen LogP contribution in [0.2, 0.25) is 5.02 Å². The van der Waals surface area contributed by atoms with Gasteiger partial charge in [0.1, 0.15) is 5.82 Å². The molecule has 0 radical (unpaired) electrons. The second-order valence-electron chi connectivity index (χ2n) is 6.48. The summed E-state index contributed by atoms with van der Waals surface area (Å²) >= 11 is 6.09. The SMILES string of the molecule is Cc1c(-c2ccc(-c3ccccc3)cc2)nc2ccc(F)c(Cl)c2c1OC(=O)O. The van der Waals surface area contributed by atoms with Crippen LogP contribution in [0.4, 0.5) is 9.18 Å². The Morgan fingerprint density at radius 1 is 0.966 bits per heavy atom. The monoisotopic (exact) mass is 407 g/mol. The highest BCUT2D eigenvalue weighted by atomic mass is 35.5. The number of aromatic nitrogens is 1. The molecule has 0 spiro atoms. The lowest BCUT2D eigenvalue weighted by Gasteiger charge is -2.15. The van der Waals surface area contributed by atoms with E-state index in [0.29, 0.717) is 16.8 Å². The molecular weight excluding hydrogens is 393 g/mol. The van der Waals surface area contributed by atoms with Crippen LogP contribution in [-0.4, -0.2) is 16.2 Å². The van der Waals surface area contributed by atoms with Crippen LogP contribution in [0.15, 0.2) is 66.7 Å². The first-order chi connectivity index (χ1) is 14.0. The summed E-state index contributed by atoms with van der Waals surface area (Å²) in [6.07, 6.45) is -1.51. The molecule has 29 heavy (non-hydrogen) atoms. The van der Waals surface area contributed by atoms with Crippen LogP contribution in [0.5, 0.6) is 5.75 Å². The highest BCUT2D eigenvalue weighted by molar-refractivity contribution is 6.36. The van der Waals surface area contributed by atoms with Crippen molar-refractivity contribution in [2.24, 2.45) is 0 Å². The third-order valence-corrected chi connectivity index (χ3v) is 5.05. The van der Waals surface area contributed by atoms with E-state index in [1.807, 2.05) is 54.6 Å². The molecule has 0 atom stereocenters. The zero-order valence-corrected chi connectivity index (χ0v) is 16.1. The van der Waals surface area contributed by atoms with E-state index in [0.717, 1.165) is 16.7 Å². The van der Waals surface area contributed by atoms with E-state index in [4.69, 9.17) is 21.4 Å². The highest BCUT2D eigenvalue weighted by Gasteiger charge is 2.20. The van der Waals surface area contributed by atoms with Crippen molar-refractivity contribution in [3.63, 3.8) is 0 Å². The maximum atomic E-state index is 14.0. The third-order valence-electron chi connectivity index (χ3n) is 4.68. The molecule has 4 rings (SSSR count). The predicted octanol–water partition coefficient (Wildman–Crippen LogP) is 6.73. The minimum absolute atomic E-state index is 0.0193. The summed E-state index contributed by atoms with van der Waals surface area (Å²) < 4.78 is 18.9. The van der Waals surface area contributed by atoms with E-state index in [2.05, 4.69) is 4.98 Å². The van der Waals surface area contributed by atoms with Crippen LogP contribution in [0, 0.1) is 12.7 Å². The fourth-order valence-electron chi connectivity index (χ4n) is 3.30. The smallest absolute Gasteiger partial charge is 0.449 e. The van der Waals surface area contributed by atoms with Crippen molar-refractivity contribution in [2.75, 3.05) is 0 Å². The van der Waals surface area contributed by atoms with Gasteiger partial charge in [-0.3, -0.25) is 0 Å². The first-order valence-electron chi connectivity index (χ1n) is 8.80. The number of fused-ring (bicyclic) bond motifs is 1. The van der Waals surface area contributed by atoms with Crippen LogP contribution in [0.25, 0.3) is 33.3 Å². The molecule has 0 fully saturated rings. The number of halogens is 2. The van der Waals surface area contributed by atoms with Crippen molar-refractivity contribution in [1.29, 1.82) is 0 Å². The number of pyridine rings is 1. The molecule has 0 aliphatic heterocycles. The quantitative estimate of drug-likeness (QED) is 0.382. The summed E-state index contributed by atoms with van der Waals surface area (Å²) in [5.41, 5.74) is 4.25. The predicted molar refractivity (Wildman–Crippen MR) is 111 cm³/mol. The van der Waals surface area contributed by atoms with Gasteiger partial charge in [0.2, 0.25) is 0 Å². The number of nitrogens with zero attached hydrogens (tertiary/aromatic N) is 1. The number of carboxylic acid groups (broad SMARTS) is 1. The van der Waals surface area contributed by atoms with E-state index >= 15 is 0 Å². The molecule has 1 N–H and O–H groups in total. The molecule has 1 heterocycles. The Bertz CT molecular complexity index is 1220. The number of benzene rings is 3. The molecule has 6 heteroatoms. The lowest BCUT2D eigenvalue weighted by atomic mass is 9.99. The largest absolute Gasteiger partial charge is 0.511 e. The Kier molecular flexibility index (Phi) is 4.91. The van der Waals surface area contributed by atoms with Gasteiger partial charge in [-0.1, -0.05) is 66.2 Å². The first-order valence-corrected chi connectivity index (χ1v) is 9.18. The van der Waals surface area contributed by atoms with Gasteiger partial charge < -0.3 is 9.84 Å². The molecule has 4 nitrogen and oxygen atoms in total. The van der Waals surface area contributed by atoms with Crippen molar-refractivity contribution < 1.29 is 19.0 Å². The van der Waals surface area contributed by atoms with E-state index in [-0.39, 0.29) is 16.2 Å². The van der Waals surface area contributed by atoms with Gasteiger partial charge in [0, 0.05) is 11.1 Å².